The van der Waals surface area contributed by atoms with E-state index in [1.807, 2.05) is 30.3 Å². The van der Waals surface area contributed by atoms with E-state index in [0.29, 0.717) is 12.8 Å². The molecule has 2 rings (SSSR count). The van der Waals surface area contributed by atoms with Gasteiger partial charge in [-0.1, -0.05) is 30.3 Å². The summed E-state index contributed by atoms with van der Waals surface area (Å²) in [5.74, 6) is -1.42. The molecule has 1 atom stereocenters. The SMILES string of the molecule is CC(CCc1ccccc1)(C(=O)O)C(=O)NC1CC1. The molecule has 4 heteroatoms. The maximum absolute atomic E-state index is 12.1. The minimum Gasteiger partial charge on any atom is -0.480 e. The van der Waals surface area contributed by atoms with Crippen molar-refractivity contribution in [2.45, 2.75) is 38.6 Å². The van der Waals surface area contributed by atoms with Crippen LogP contribution in [0.3, 0.4) is 0 Å². The minimum atomic E-state index is -1.35. The van der Waals surface area contributed by atoms with Gasteiger partial charge in [0.2, 0.25) is 5.91 Å². The molecule has 1 aromatic rings. The lowest BCUT2D eigenvalue weighted by Gasteiger charge is -2.23. The number of benzene rings is 1. The third kappa shape index (κ3) is 3.34. The molecule has 1 aromatic carbocycles. The van der Waals surface area contributed by atoms with Crippen molar-refractivity contribution in [3.63, 3.8) is 0 Å². The number of carboxylic acids is 1. The van der Waals surface area contributed by atoms with E-state index in [4.69, 9.17) is 0 Å². The maximum Gasteiger partial charge on any atom is 0.318 e. The van der Waals surface area contributed by atoms with E-state index >= 15 is 0 Å². The Morgan fingerprint density at radius 2 is 1.95 bits per heavy atom. The van der Waals surface area contributed by atoms with Crippen molar-refractivity contribution in [1.82, 2.24) is 5.32 Å². The number of nitrogens with one attached hydrogen (secondary N) is 1. The van der Waals surface area contributed by atoms with Gasteiger partial charge in [0.05, 0.1) is 0 Å². The van der Waals surface area contributed by atoms with E-state index in [2.05, 4.69) is 5.32 Å². The Labute approximate surface area is 112 Å². The standard InChI is InChI=1S/C15H19NO3/c1-15(14(18)19,13(17)16-12-7-8-12)10-9-11-5-3-2-4-6-11/h2-6,12H,7-10H2,1H3,(H,16,17)(H,18,19). The van der Waals surface area contributed by atoms with Crippen LogP contribution in [0.2, 0.25) is 0 Å². The van der Waals surface area contributed by atoms with E-state index in [0.717, 1.165) is 18.4 Å². The van der Waals surface area contributed by atoms with Gasteiger partial charge < -0.3 is 10.4 Å². The molecule has 19 heavy (non-hydrogen) atoms. The molecule has 0 saturated heterocycles. The normalized spacial score (nSPS) is 17.5. The van der Waals surface area contributed by atoms with Gasteiger partial charge in [0.1, 0.15) is 5.41 Å². The lowest BCUT2D eigenvalue weighted by molar-refractivity contribution is -0.155. The summed E-state index contributed by atoms with van der Waals surface area (Å²) < 4.78 is 0. The number of hydrogen-bond donors (Lipinski definition) is 2. The first kappa shape index (κ1) is 13.6. The van der Waals surface area contributed by atoms with Gasteiger partial charge in [-0.2, -0.15) is 0 Å². The van der Waals surface area contributed by atoms with E-state index < -0.39 is 11.4 Å². The second kappa shape index (κ2) is 5.43. The zero-order valence-electron chi connectivity index (χ0n) is 11.1. The van der Waals surface area contributed by atoms with Gasteiger partial charge in [0.25, 0.3) is 0 Å². The van der Waals surface area contributed by atoms with Gasteiger partial charge in [-0.05, 0) is 38.2 Å². The molecule has 0 aliphatic heterocycles. The molecule has 1 aliphatic rings. The molecule has 2 N–H and O–H groups in total. The van der Waals surface area contributed by atoms with Crippen LogP contribution in [0.25, 0.3) is 0 Å². The van der Waals surface area contributed by atoms with Crippen molar-refractivity contribution in [3.05, 3.63) is 35.9 Å². The summed E-state index contributed by atoms with van der Waals surface area (Å²) in [6.45, 7) is 1.51. The molecule has 1 saturated carbocycles. The van der Waals surface area contributed by atoms with Crippen molar-refractivity contribution in [1.29, 1.82) is 0 Å². The molecular formula is C15H19NO3. The smallest absolute Gasteiger partial charge is 0.318 e. The average molecular weight is 261 g/mol. The number of aryl methyl sites for hydroxylation is 1. The maximum atomic E-state index is 12.1. The summed E-state index contributed by atoms with van der Waals surface area (Å²) in [4.78, 5) is 23.5. The summed E-state index contributed by atoms with van der Waals surface area (Å²) >= 11 is 0. The summed E-state index contributed by atoms with van der Waals surface area (Å²) in [5.41, 5.74) is -0.299. The van der Waals surface area contributed by atoms with E-state index in [1.54, 1.807) is 0 Å². The van der Waals surface area contributed by atoms with E-state index in [9.17, 15) is 14.7 Å². The van der Waals surface area contributed by atoms with Crippen LogP contribution < -0.4 is 5.32 Å². The molecule has 1 aliphatic carbocycles. The van der Waals surface area contributed by atoms with Crippen LogP contribution in [0.1, 0.15) is 31.7 Å². The molecular weight excluding hydrogens is 242 g/mol. The Morgan fingerprint density at radius 3 is 2.47 bits per heavy atom. The van der Waals surface area contributed by atoms with Crippen LogP contribution in [-0.4, -0.2) is 23.0 Å². The number of carboxylic acid groups (broad SMARTS) is 1. The molecule has 1 amide bonds. The highest BCUT2D eigenvalue weighted by Crippen LogP contribution is 2.27. The lowest BCUT2D eigenvalue weighted by atomic mass is 9.83. The van der Waals surface area contributed by atoms with Gasteiger partial charge in [0.15, 0.2) is 0 Å². The molecule has 0 radical (unpaired) electrons. The van der Waals surface area contributed by atoms with Crippen molar-refractivity contribution < 1.29 is 14.7 Å². The van der Waals surface area contributed by atoms with Gasteiger partial charge in [-0.3, -0.25) is 9.59 Å². The topological polar surface area (TPSA) is 66.4 Å². The Morgan fingerprint density at radius 1 is 1.32 bits per heavy atom. The highest BCUT2D eigenvalue weighted by Gasteiger charge is 2.42. The minimum absolute atomic E-state index is 0.183. The van der Waals surface area contributed by atoms with Crippen LogP contribution >= 0.6 is 0 Å². The quantitative estimate of drug-likeness (QED) is 0.770. The fourth-order valence-corrected chi connectivity index (χ4v) is 1.93. The van der Waals surface area contributed by atoms with Crippen molar-refractivity contribution in [2.24, 2.45) is 5.41 Å². The second-order valence-corrected chi connectivity index (χ2v) is 5.37. The zero-order valence-corrected chi connectivity index (χ0v) is 11.1. The molecule has 0 bridgehead atoms. The third-order valence-corrected chi connectivity index (χ3v) is 3.64. The van der Waals surface area contributed by atoms with Crippen molar-refractivity contribution in [3.8, 4) is 0 Å². The molecule has 4 nitrogen and oxygen atoms in total. The van der Waals surface area contributed by atoms with Crippen molar-refractivity contribution >= 4 is 11.9 Å². The predicted octanol–water partition coefficient (Wildman–Crippen LogP) is 1.99. The van der Waals surface area contributed by atoms with Crippen molar-refractivity contribution in [2.75, 3.05) is 0 Å². The summed E-state index contributed by atoms with van der Waals surface area (Å²) in [6, 6.07) is 9.82. The first-order chi connectivity index (χ1) is 9.02. The Bertz CT molecular complexity index is 468. The van der Waals surface area contributed by atoms with Crippen LogP contribution in [-0.2, 0) is 16.0 Å². The van der Waals surface area contributed by atoms with Gasteiger partial charge in [-0.25, -0.2) is 0 Å². The van der Waals surface area contributed by atoms with Crippen LogP contribution in [0, 0.1) is 5.41 Å². The molecule has 0 heterocycles. The molecule has 1 unspecified atom stereocenters. The number of hydrogen-bond acceptors (Lipinski definition) is 2. The fourth-order valence-electron chi connectivity index (χ4n) is 1.93. The fraction of sp³-hybridized carbons (Fsp3) is 0.467. The van der Waals surface area contributed by atoms with E-state index in [1.165, 1.54) is 6.92 Å². The number of aliphatic carboxylic acids is 1. The summed E-state index contributed by atoms with van der Waals surface area (Å²) in [7, 11) is 0. The van der Waals surface area contributed by atoms with Crippen LogP contribution in [0.15, 0.2) is 30.3 Å². The largest absolute Gasteiger partial charge is 0.480 e. The highest BCUT2D eigenvalue weighted by molar-refractivity contribution is 6.01. The Kier molecular flexibility index (Phi) is 3.88. The Balaban J connectivity index is 2.01. The second-order valence-electron chi connectivity index (χ2n) is 5.37. The number of carbonyl (C=O) groups is 2. The van der Waals surface area contributed by atoms with Gasteiger partial charge in [0, 0.05) is 6.04 Å². The molecule has 0 spiro atoms. The first-order valence-corrected chi connectivity index (χ1v) is 6.60. The molecule has 102 valence electrons. The predicted molar refractivity (Wildman–Crippen MR) is 71.7 cm³/mol. The highest BCUT2D eigenvalue weighted by atomic mass is 16.4. The molecule has 1 fully saturated rings. The number of carbonyl (C=O) groups excluding carboxylic acids is 1. The number of amides is 1. The van der Waals surface area contributed by atoms with E-state index in [-0.39, 0.29) is 11.9 Å². The monoisotopic (exact) mass is 261 g/mol. The van der Waals surface area contributed by atoms with Gasteiger partial charge >= 0.3 is 5.97 Å². The third-order valence-electron chi connectivity index (χ3n) is 3.64. The summed E-state index contributed by atoms with van der Waals surface area (Å²) in [6.07, 6.45) is 2.81. The van der Waals surface area contributed by atoms with Crippen LogP contribution in [0.5, 0.6) is 0 Å². The Hall–Kier alpha value is -1.84. The van der Waals surface area contributed by atoms with Crippen LogP contribution in [0.4, 0.5) is 0 Å². The lowest BCUT2D eigenvalue weighted by Crippen LogP contribution is -2.45. The molecule has 0 aromatic heterocycles. The number of rotatable bonds is 6. The average Bonchev–Trinajstić information content (AvgIpc) is 3.20. The first-order valence-electron chi connectivity index (χ1n) is 6.60. The summed E-state index contributed by atoms with van der Waals surface area (Å²) in [5, 5.41) is 12.1. The van der Waals surface area contributed by atoms with Gasteiger partial charge in [-0.15, -0.1) is 0 Å². The zero-order chi connectivity index (χ0) is 13.9.